The fourth-order valence-corrected chi connectivity index (χ4v) is 3.91. The Balaban J connectivity index is 1.64. The van der Waals surface area contributed by atoms with Crippen molar-refractivity contribution in [3.05, 3.63) is 87.6 Å². The van der Waals surface area contributed by atoms with Gasteiger partial charge in [0.15, 0.2) is 6.04 Å². The highest BCUT2D eigenvalue weighted by atomic mass is 32.1. The number of nitrogens with one attached hydrogen (secondary N) is 1. The Morgan fingerprint density at radius 2 is 1.82 bits per heavy atom. The Morgan fingerprint density at radius 3 is 2.43 bits per heavy atom. The van der Waals surface area contributed by atoms with Crippen LogP contribution in [0.4, 0.5) is 0 Å². The quantitative estimate of drug-likeness (QED) is 0.614. The second kappa shape index (κ2) is 9.53. The maximum Gasteiger partial charge on any atom is 0.278 e. The number of methoxy groups -OCH3 is 1. The normalized spacial score (nSPS) is 13.0. The van der Waals surface area contributed by atoms with Gasteiger partial charge in [0, 0.05) is 12.1 Å². The van der Waals surface area contributed by atoms with Gasteiger partial charge in [0.05, 0.1) is 12.0 Å². The Bertz CT molecular complexity index is 874. The topological polar surface area (TPSA) is 54.9 Å². The minimum atomic E-state index is -0.202. The SMILES string of the molecule is COc1ccc(CNC(=O)[C@H](C)[NH2+][C@H](c2ccc(C)cc2)c2cccs2)cc1. The zero-order valence-corrected chi connectivity index (χ0v) is 17.3. The van der Waals surface area contributed by atoms with Crippen LogP contribution in [0.1, 0.15) is 34.5 Å². The summed E-state index contributed by atoms with van der Waals surface area (Å²) in [4.78, 5) is 13.9. The van der Waals surface area contributed by atoms with Crippen molar-refractivity contribution in [1.82, 2.24) is 5.32 Å². The summed E-state index contributed by atoms with van der Waals surface area (Å²) in [5.41, 5.74) is 3.50. The molecule has 28 heavy (non-hydrogen) atoms. The predicted molar refractivity (Wildman–Crippen MR) is 114 cm³/mol. The summed E-state index contributed by atoms with van der Waals surface area (Å²) in [7, 11) is 1.65. The molecule has 1 aromatic heterocycles. The van der Waals surface area contributed by atoms with Gasteiger partial charge in [-0.2, -0.15) is 0 Å². The van der Waals surface area contributed by atoms with Gasteiger partial charge >= 0.3 is 0 Å². The van der Waals surface area contributed by atoms with E-state index in [1.807, 2.05) is 31.2 Å². The first-order valence-electron chi connectivity index (χ1n) is 9.42. The summed E-state index contributed by atoms with van der Waals surface area (Å²) in [6.07, 6.45) is 0. The molecule has 2 aromatic carbocycles. The molecule has 0 aliphatic rings. The van der Waals surface area contributed by atoms with Gasteiger partial charge in [0.1, 0.15) is 11.8 Å². The van der Waals surface area contributed by atoms with E-state index in [0.717, 1.165) is 11.3 Å². The molecule has 0 aliphatic carbocycles. The van der Waals surface area contributed by atoms with Crippen molar-refractivity contribution in [2.45, 2.75) is 32.5 Å². The molecular weight excluding hydrogens is 368 g/mol. The number of carbonyl (C=O) groups excluding carboxylic acids is 1. The standard InChI is InChI=1S/C23H26N2O2S/c1-16-6-10-19(11-7-16)22(21-5-4-14-28-21)25-17(2)23(26)24-15-18-8-12-20(27-3)13-9-18/h4-14,17,22,25H,15H2,1-3H3,(H,24,26)/p+1/t17-,22+/m0/s1. The molecule has 0 bridgehead atoms. The molecule has 3 rings (SSSR count). The second-order valence-electron chi connectivity index (χ2n) is 6.95. The lowest BCUT2D eigenvalue weighted by Crippen LogP contribution is -2.92. The van der Waals surface area contributed by atoms with E-state index < -0.39 is 0 Å². The van der Waals surface area contributed by atoms with E-state index in [4.69, 9.17) is 4.74 Å². The molecule has 0 saturated heterocycles. The number of ether oxygens (including phenoxy) is 1. The zero-order valence-electron chi connectivity index (χ0n) is 16.5. The molecule has 1 heterocycles. The van der Waals surface area contributed by atoms with Crippen molar-refractivity contribution < 1.29 is 14.8 Å². The fourth-order valence-electron chi connectivity index (χ4n) is 3.08. The third kappa shape index (κ3) is 5.21. The molecule has 146 valence electrons. The van der Waals surface area contributed by atoms with Gasteiger partial charge in [0.25, 0.3) is 5.91 Å². The number of aryl methyl sites for hydroxylation is 1. The highest BCUT2D eigenvalue weighted by Crippen LogP contribution is 2.23. The maximum absolute atomic E-state index is 12.7. The van der Waals surface area contributed by atoms with E-state index in [0.29, 0.717) is 6.54 Å². The highest BCUT2D eigenvalue weighted by molar-refractivity contribution is 7.10. The Morgan fingerprint density at radius 1 is 1.11 bits per heavy atom. The number of hydrogen-bond acceptors (Lipinski definition) is 3. The lowest BCUT2D eigenvalue weighted by Gasteiger charge is -2.19. The van der Waals surface area contributed by atoms with Crippen molar-refractivity contribution in [3.63, 3.8) is 0 Å². The summed E-state index contributed by atoms with van der Waals surface area (Å²) in [5.74, 6) is 0.846. The molecule has 0 spiro atoms. The summed E-state index contributed by atoms with van der Waals surface area (Å²) in [6, 6.07) is 20.4. The molecule has 3 N–H and O–H groups in total. The molecule has 2 atom stereocenters. The van der Waals surface area contributed by atoms with Crippen LogP contribution in [0, 0.1) is 6.92 Å². The van der Waals surface area contributed by atoms with Crippen molar-refractivity contribution in [2.75, 3.05) is 7.11 Å². The predicted octanol–water partition coefficient (Wildman–Crippen LogP) is 3.42. The van der Waals surface area contributed by atoms with Crippen LogP contribution in [-0.4, -0.2) is 19.1 Å². The molecule has 0 radical (unpaired) electrons. The van der Waals surface area contributed by atoms with Gasteiger partial charge in [-0.1, -0.05) is 48.0 Å². The largest absolute Gasteiger partial charge is 0.497 e. The maximum atomic E-state index is 12.7. The minimum absolute atomic E-state index is 0.0319. The lowest BCUT2D eigenvalue weighted by molar-refractivity contribution is -0.704. The molecule has 0 unspecified atom stereocenters. The number of benzene rings is 2. The average Bonchev–Trinajstić information content (AvgIpc) is 3.25. The Labute approximate surface area is 170 Å². The first-order valence-corrected chi connectivity index (χ1v) is 10.3. The fraction of sp³-hybridized carbons (Fsp3) is 0.261. The number of rotatable bonds is 8. The monoisotopic (exact) mass is 395 g/mol. The van der Waals surface area contributed by atoms with Gasteiger partial charge in [0.2, 0.25) is 0 Å². The summed E-state index contributed by atoms with van der Waals surface area (Å²) >= 11 is 1.72. The molecule has 0 fully saturated rings. The Hall–Kier alpha value is -2.63. The van der Waals surface area contributed by atoms with Gasteiger partial charge in [-0.05, 0) is 43.0 Å². The van der Waals surface area contributed by atoms with Crippen LogP contribution in [0.2, 0.25) is 0 Å². The Kier molecular flexibility index (Phi) is 6.85. The number of thiophene rings is 1. The van der Waals surface area contributed by atoms with Gasteiger partial charge < -0.3 is 15.4 Å². The highest BCUT2D eigenvalue weighted by Gasteiger charge is 2.25. The van der Waals surface area contributed by atoms with E-state index >= 15 is 0 Å². The lowest BCUT2D eigenvalue weighted by atomic mass is 10.0. The molecule has 1 amide bonds. The van der Waals surface area contributed by atoms with Crippen LogP contribution >= 0.6 is 11.3 Å². The molecule has 4 nitrogen and oxygen atoms in total. The van der Waals surface area contributed by atoms with E-state index in [-0.39, 0.29) is 18.0 Å². The zero-order chi connectivity index (χ0) is 19.9. The minimum Gasteiger partial charge on any atom is -0.497 e. The van der Waals surface area contributed by atoms with Gasteiger partial charge in [-0.25, -0.2) is 0 Å². The van der Waals surface area contributed by atoms with Crippen LogP contribution in [0.3, 0.4) is 0 Å². The van der Waals surface area contributed by atoms with Crippen LogP contribution < -0.4 is 15.4 Å². The molecule has 0 aliphatic heterocycles. The number of amides is 1. The van der Waals surface area contributed by atoms with Crippen molar-refractivity contribution >= 4 is 17.2 Å². The second-order valence-corrected chi connectivity index (χ2v) is 7.93. The van der Waals surface area contributed by atoms with Gasteiger partial charge in [-0.15, -0.1) is 11.3 Å². The van der Waals surface area contributed by atoms with E-state index in [1.165, 1.54) is 16.0 Å². The van der Waals surface area contributed by atoms with Crippen molar-refractivity contribution in [3.8, 4) is 5.75 Å². The number of carbonyl (C=O) groups is 1. The van der Waals surface area contributed by atoms with Crippen molar-refractivity contribution in [2.24, 2.45) is 0 Å². The first-order chi connectivity index (χ1) is 13.6. The van der Waals surface area contributed by atoms with Crippen molar-refractivity contribution in [1.29, 1.82) is 0 Å². The number of hydrogen-bond donors (Lipinski definition) is 2. The first kappa shape index (κ1) is 20.1. The number of nitrogens with two attached hydrogens (primary N) is 1. The van der Waals surface area contributed by atoms with E-state index in [2.05, 4.69) is 59.3 Å². The van der Waals surface area contributed by atoms with Crippen LogP contribution in [-0.2, 0) is 11.3 Å². The molecular formula is C23H27N2O2S+. The smallest absolute Gasteiger partial charge is 0.278 e. The van der Waals surface area contributed by atoms with Crippen LogP contribution in [0.15, 0.2) is 66.0 Å². The summed E-state index contributed by atoms with van der Waals surface area (Å²) in [6.45, 7) is 4.55. The third-order valence-corrected chi connectivity index (χ3v) is 5.76. The van der Waals surface area contributed by atoms with Crippen LogP contribution in [0.5, 0.6) is 5.75 Å². The summed E-state index contributed by atoms with van der Waals surface area (Å²) in [5, 5.41) is 7.26. The summed E-state index contributed by atoms with van der Waals surface area (Å²) < 4.78 is 5.17. The average molecular weight is 396 g/mol. The van der Waals surface area contributed by atoms with Crippen LogP contribution in [0.25, 0.3) is 0 Å². The van der Waals surface area contributed by atoms with E-state index in [1.54, 1.807) is 18.4 Å². The molecule has 0 saturated carbocycles. The molecule has 5 heteroatoms. The number of quaternary nitrogens is 1. The molecule has 3 aromatic rings. The van der Waals surface area contributed by atoms with E-state index in [9.17, 15) is 4.79 Å². The van der Waals surface area contributed by atoms with Gasteiger partial charge in [-0.3, -0.25) is 4.79 Å². The third-order valence-electron chi connectivity index (χ3n) is 4.81.